The number of amides is 1. The highest BCUT2D eigenvalue weighted by Crippen LogP contribution is 2.25. The van der Waals surface area contributed by atoms with Crippen LogP contribution < -0.4 is 0 Å². The van der Waals surface area contributed by atoms with Gasteiger partial charge in [0.05, 0.1) is 18.1 Å². The van der Waals surface area contributed by atoms with Gasteiger partial charge in [-0.2, -0.15) is 0 Å². The van der Waals surface area contributed by atoms with Crippen LogP contribution >= 0.6 is 11.3 Å². The van der Waals surface area contributed by atoms with Crippen molar-refractivity contribution >= 4 is 17.2 Å². The van der Waals surface area contributed by atoms with Gasteiger partial charge in [0.15, 0.2) is 0 Å². The molecular formula is C17H17N5OS. The zero-order chi connectivity index (χ0) is 16.4. The lowest BCUT2D eigenvalue weighted by molar-refractivity contribution is 0.0674. The molecule has 122 valence electrons. The number of thiazole rings is 1. The van der Waals surface area contributed by atoms with Gasteiger partial charge in [0.2, 0.25) is 0 Å². The maximum atomic E-state index is 12.8. The van der Waals surface area contributed by atoms with Gasteiger partial charge in [-0.25, -0.2) is 9.97 Å². The topological polar surface area (TPSA) is 63.9 Å². The van der Waals surface area contributed by atoms with Gasteiger partial charge in [-0.05, 0) is 25.0 Å². The highest BCUT2D eigenvalue weighted by atomic mass is 32.1. The Morgan fingerprint density at radius 3 is 3.04 bits per heavy atom. The number of hydrogen-bond donors (Lipinski definition) is 0. The van der Waals surface area contributed by atoms with Crippen LogP contribution in [0.5, 0.6) is 0 Å². The summed E-state index contributed by atoms with van der Waals surface area (Å²) in [7, 11) is 0. The molecule has 6 nitrogen and oxygen atoms in total. The molecule has 4 heterocycles. The van der Waals surface area contributed by atoms with E-state index in [4.69, 9.17) is 0 Å². The van der Waals surface area contributed by atoms with Gasteiger partial charge in [0, 0.05) is 37.1 Å². The minimum absolute atomic E-state index is 0.00162. The summed E-state index contributed by atoms with van der Waals surface area (Å²) in [5, 5.41) is 2.61. The van der Waals surface area contributed by atoms with Gasteiger partial charge in [-0.3, -0.25) is 9.78 Å². The van der Waals surface area contributed by atoms with Crippen LogP contribution in [0.3, 0.4) is 0 Å². The average molecular weight is 339 g/mol. The van der Waals surface area contributed by atoms with Crippen molar-refractivity contribution in [2.24, 2.45) is 0 Å². The summed E-state index contributed by atoms with van der Waals surface area (Å²) in [5.41, 5.74) is 1.31. The summed E-state index contributed by atoms with van der Waals surface area (Å²) in [5.74, 6) is -0.00162. The Balaban J connectivity index is 1.50. The molecule has 3 aromatic heterocycles. The lowest BCUT2D eigenvalue weighted by Gasteiger charge is -2.32. The van der Waals surface area contributed by atoms with Gasteiger partial charge >= 0.3 is 0 Å². The van der Waals surface area contributed by atoms with Crippen LogP contribution in [-0.2, 0) is 0 Å². The molecule has 0 aliphatic carbocycles. The van der Waals surface area contributed by atoms with Crippen molar-refractivity contribution in [2.75, 3.05) is 13.1 Å². The maximum Gasteiger partial charge on any atom is 0.273 e. The summed E-state index contributed by atoms with van der Waals surface area (Å²) >= 11 is 1.46. The number of rotatable bonds is 3. The van der Waals surface area contributed by atoms with E-state index in [0.29, 0.717) is 18.3 Å². The quantitative estimate of drug-likeness (QED) is 0.736. The van der Waals surface area contributed by atoms with Gasteiger partial charge in [0.25, 0.3) is 5.91 Å². The molecule has 24 heavy (non-hydrogen) atoms. The minimum Gasteiger partial charge on any atom is -0.335 e. The third-order valence-corrected chi connectivity index (χ3v) is 5.10. The number of aromatic nitrogens is 4. The first-order chi connectivity index (χ1) is 11.8. The maximum absolute atomic E-state index is 12.8. The van der Waals surface area contributed by atoms with Crippen molar-refractivity contribution in [2.45, 2.75) is 18.9 Å². The van der Waals surface area contributed by atoms with Crippen LogP contribution in [0.1, 0.15) is 29.4 Å². The molecule has 0 unspecified atom stereocenters. The van der Waals surface area contributed by atoms with Crippen molar-refractivity contribution in [3.63, 3.8) is 0 Å². The number of likely N-dealkylation sites (tertiary alicyclic amines) is 1. The highest BCUT2D eigenvalue weighted by Gasteiger charge is 2.26. The Morgan fingerprint density at radius 2 is 2.25 bits per heavy atom. The van der Waals surface area contributed by atoms with E-state index in [1.807, 2.05) is 41.0 Å². The van der Waals surface area contributed by atoms with Crippen LogP contribution in [0.25, 0.3) is 10.7 Å². The molecule has 0 bridgehead atoms. The number of pyridine rings is 1. The first kappa shape index (κ1) is 15.0. The number of nitrogens with zero attached hydrogens (tertiary/aromatic N) is 5. The molecule has 0 aromatic carbocycles. The molecule has 7 heteroatoms. The third-order valence-electron chi connectivity index (χ3n) is 4.24. The zero-order valence-electron chi connectivity index (χ0n) is 13.1. The van der Waals surface area contributed by atoms with Crippen LogP contribution in [-0.4, -0.2) is 43.4 Å². The van der Waals surface area contributed by atoms with E-state index < -0.39 is 0 Å². The van der Waals surface area contributed by atoms with E-state index >= 15 is 0 Å². The molecule has 1 fully saturated rings. The van der Waals surface area contributed by atoms with E-state index in [-0.39, 0.29) is 5.91 Å². The molecule has 4 rings (SSSR count). The second-order valence-corrected chi connectivity index (χ2v) is 6.67. The van der Waals surface area contributed by atoms with E-state index in [0.717, 1.165) is 30.1 Å². The average Bonchev–Trinajstić information content (AvgIpc) is 3.34. The van der Waals surface area contributed by atoms with Gasteiger partial charge in [0.1, 0.15) is 10.7 Å². The van der Waals surface area contributed by atoms with Crippen molar-refractivity contribution in [1.82, 2.24) is 24.4 Å². The molecule has 1 aliphatic rings. The normalized spacial score (nSPS) is 17.8. The van der Waals surface area contributed by atoms with Crippen molar-refractivity contribution in [3.8, 4) is 10.7 Å². The van der Waals surface area contributed by atoms with E-state index in [2.05, 4.69) is 19.5 Å². The summed E-state index contributed by atoms with van der Waals surface area (Å²) in [4.78, 5) is 27.6. The Kier molecular flexibility index (Phi) is 4.08. The van der Waals surface area contributed by atoms with Gasteiger partial charge < -0.3 is 9.47 Å². The Morgan fingerprint density at radius 1 is 1.29 bits per heavy atom. The lowest BCUT2D eigenvalue weighted by atomic mass is 10.1. The monoisotopic (exact) mass is 339 g/mol. The first-order valence-corrected chi connectivity index (χ1v) is 8.83. The Bertz CT molecular complexity index is 815. The molecule has 1 atom stereocenters. The number of imidazole rings is 1. The molecule has 0 saturated carbocycles. The summed E-state index contributed by atoms with van der Waals surface area (Å²) < 4.78 is 2.08. The van der Waals surface area contributed by atoms with Crippen LogP contribution in [0.4, 0.5) is 0 Å². The fourth-order valence-corrected chi connectivity index (χ4v) is 3.78. The molecule has 1 aliphatic heterocycles. The summed E-state index contributed by atoms with van der Waals surface area (Å²) in [6.45, 7) is 1.48. The molecule has 0 N–H and O–H groups in total. The Labute approximate surface area is 143 Å². The second kappa shape index (κ2) is 6.52. The molecule has 0 radical (unpaired) electrons. The molecular weight excluding hydrogens is 322 g/mol. The standard InChI is InChI=1S/C17H17N5OS/c23-17(15-11-24-16(20-15)14-5-1-2-6-19-14)21-8-3-4-13(10-21)22-9-7-18-12-22/h1-2,5-7,9,11-13H,3-4,8,10H2/t13-/m0/s1. The summed E-state index contributed by atoms with van der Waals surface area (Å²) in [6, 6.07) is 5.99. The number of piperidine rings is 1. The molecule has 1 saturated heterocycles. The van der Waals surface area contributed by atoms with Gasteiger partial charge in [-0.1, -0.05) is 6.07 Å². The third kappa shape index (κ3) is 2.94. The largest absolute Gasteiger partial charge is 0.335 e. The van der Waals surface area contributed by atoms with E-state index in [1.54, 1.807) is 12.4 Å². The van der Waals surface area contributed by atoms with Crippen LogP contribution in [0.15, 0.2) is 48.5 Å². The number of carbonyl (C=O) groups is 1. The van der Waals surface area contributed by atoms with Gasteiger partial charge in [-0.15, -0.1) is 11.3 Å². The van der Waals surface area contributed by atoms with E-state index in [1.165, 1.54) is 11.3 Å². The number of hydrogen-bond acceptors (Lipinski definition) is 5. The van der Waals surface area contributed by atoms with Crippen molar-refractivity contribution in [1.29, 1.82) is 0 Å². The van der Waals surface area contributed by atoms with Crippen LogP contribution in [0.2, 0.25) is 0 Å². The lowest BCUT2D eigenvalue weighted by Crippen LogP contribution is -2.40. The highest BCUT2D eigenvalue weighted by molar-refractivity contribution is 7.13. The van der Waals surface area contributed by atoms with Crippen molar-refractivity contribution < 1.29 is 4.79 Å². The van der Waals surface area contributed by atoms with E-state index in [9.17, 15) is 4.79 Å². The first-order valence-electron chi connectivity index (χ1n) is 7.95. The molecule has 0 spiro atoms. The van der Waals surface area contributed by atoms with Crippen molar-refractivity contribution in [3.05, 3.63) is 54.2 Å². The molecule has 3 aromatic rings. The zero-order valence-corrected chi connectivity index (χ0v) is 13.9. The smallest absolute Gasteiger partial charge is 0.273 e. The predicted molar refractivity (Wildman–Crippen MR) is 91.7 cm³/mol. The second-order valence-electron chi connectivity index (χ2n) is 5.81. The fourth-order valence-electron chi connectivity index (χ4n) is 3.01. The summed E-state index contributed by atoms with van der Waals surface area (Å²) in [6.07, 6.45) is 9.35. The van der Waals surface area contributed by atoms with Crippen LogP contribution in [0, 0.1) is 0 Å². The predicted octanol–water partition coefficient (Wildman–Crippen LogP) is 2.88. The Hall–Kier alpha value is -2.54. The number of carbonyl (C=O) groups excluding carboxylic acids is 1. The SMILES string of the molecule is O=C(c1csc(-c2ccccn2)n1)N1CCC[C@H](n2ccnc2)C1. The fraction of sp³-hybridized carbons (Fsp3) is 0.294. The minimum atomic E-state index is -0.00162. The molecule has 1 amide bonds.